The quantitative estimate of drug-likeness (QED) is 0.773. The van der Waals surface area contributed by atoms with Crippen LogP contribution in [-0.4, -0.2) is 51.2 Å². The molecule has 1 amide bonds. The highest BCUT2D eigenvalue weighted by molar-refractivity contribution is 7.91. The number of hydrogen-bond acceptors (Lipinski definition) is 6. The third kappa shape index (κ3) is 6.64. The molecule has 0 aromatic carbocycles. The Morgan fingerprint density at radius 1 is 1.23 bits per heavy atom. The van der Waals surface area contributed by atoms with Crippen molar-refractivity contribution in [3.8, 4) is 0 Å². The van der Waals surface area contributed by atoms with Gasteiger partial charge in [-0.2, -0.15) is 0 Å². The summed E-state index contributed by atoms with van der Waals surface area (Å²) in [6, 6.07) is 0. The third-order valence-electron chi connectivity index (χ3n) is 3.50. The Labute approximate surface area is 131 Å². The zero-order valence-corrected chi connectivity index (χ0v) is 14.4. The fourth-order valence-corrected chi connectivity index (χ4v) is 4.30. The Balaban J connectivity index is 2.62. The van der Waals surface area contributed by atoms with E-state index in [9.17, 15) is 18.0 Å². The van der Waals surface area contributed by atoms with Crippen LogP contribution in [0.5, 0.6) is 0 Å². The van der Waals surface area contributed by atoms with Gasteiger partial charge in [0.2, 0.25) is 0 Å². The second-order valence-corrected chi connectivity index (χ2v) is 8.81. The Morgan fingerprint density at radius 2 is 1.86 bits per heavy atom. The fraction of sp³-hybridized carbons (Fsp3) is 0.857. The molecule has 1 aliphatic rings. The lowest BCUT2D eigenvalue weighted by molar-refractivity contribution is -0.142. The molecule has 0 spiro atoms. The number of rotatable bonds is 4. The van der Waals surface area contributed by atoms with Crippen LogP contribution in [0.4, 0.5) is 4.79 Å². The van der Waals surface area contributed by atoms with Crippen molar-refractivity contribution in [2.24, 2.45) is 11.8 Å². The summed E-state index contributed by atoms with van der Waals surface area (Å²) < 4.78 is 33.2. The highest BCUT2D eigenvalue weighted by Gasteiger charge is 2.35. The molecule has 8 heteroatoms. The van der Waals surface area contributed by atoms with Crippen molar-refractivity contribution < 1.29 is 27.5 Å². The first-order valence-electron chi connectivity index (χ1n) is 7.26. The van der Waals surface area contributed by atoms with E-state index in [4.69, 9.17) is 4.74 Å². The van der Waals surface area contributed by atoms with Crippen molar-refractivity contribution in [3.63, 3.8) is 0 Å². The van der Waals surface area contributed by atoms with Gasteiger partial charge in [-0.25, -0.2) is 13.2 Å². The van der Waals surface area contributed by atoms with Crippen LogP contribution in [0.2, 0.25) is 0 Å². The molecular weight excluding hydrogens is 310 g/mol. The van der Waals surface area contributed by atoms with Crippen molar-refractivity contribution in [2.75, 3.05) is 25.2 Å². The molecule has 7 nitrogen and oxygen atoms in total. The minimum atomic E-state index is -3.14. The molecule has 1 fully saturated rings. The van der Waals surface area contributed by atoms with Gasteiger partial charge in [0.15, 0.2) is 9.84 Å². The molecule has 1 N–H and O–H groups in total. The smallest absolute Gasteiger partial charge is 0.407 e. The van der Waals surface area contributed by atoms with Gasteiger partial charge in [-0.15, -0.1) is 0 Å². The molecule has 0 saturated carbocycles. The van der Waals surface area contributed by atoms with Crippen LogP contribution in [0.25, 0.3) is 0 Å². The summed E-state index contributed by atoms with van der Waals surface area (Å²) >= 11 is 0. The zero-order chi connectivity index (χ0) is 17.0. The summed E-state index contributed by atoms with van der Waals surface area (Å²) in [5.74, 6) is -0.852. The molecule has 1 aliphatic heterocycles. The van der Waals surface area contributed by atoms with Gasteiger partial charge < -0.3 is 14.8 Å². The molecule has 1 rings (SSSR count). The number of carbonyl (C=O) groups excluding carboxylic acids is 2. The van der Waals surface area contributed by atoms with Crippen molar-refractivity contribution >= 4 is 21.9 Å². The molecule has 0 aromatic heterocycles. The number of sulfone groups is 1. The predicted octanol–water partition coefficient (Wildman–Crippen LogP) is 1.13. The Kier molecular flexibility index (Phi) is 6.22. The topological polar surface area (TPSA) is 98.8 Å². The minimum Gasteiger partial charge on any atom is -0.469 e. The van der Waals surface area contributed by atoms with E-state index in [1.54, 1.807) is 20.8 Å². The number of alkyl carbamates (subject to hydrolysis) is 1. The largest absolute Gasteiger partial charge is 0.469 e. The normalized spacial score (nSPS) is 24.4. The number of carbonyl (C=O) groups is 2. The number of amides is 1. The molecule has 0 bridgehead atoms. The average molecular weight is 335 g/mol. The van der Waals surface area contributed by atoms with E-state index < -0.39 is 27.5 Å². The molecule has 2 atom stereocenters. The number of hydrogen-bond donors (Lipinski definition) is 1. The van der Waals surface area contributed by atoms with E-state index in [0.717, 1.165) is 0 Å². The summed E-state index contributed by atoms with van der Waals surface area (Å²) in [6.45, 7) is 5.57. The number of ether oxygens (including phenoxy) is 2. The van der Waals surface area contributed by atoms with Gasteiger partial charge in [0.1, 0.15) is 5.60 Å². The van der Waals surface area contributed by atoms with E-state index in [2.05, 4.69) is 10.1 Å². The number of methoxy groups -OCH3 is 1. The van der Waals surface area contributed by atoms with Gasteiger partial charge in [-0.05, 0) is 39.0 Å². The molecule has 0 aromatic rings. The van der Waals surface area contributed by atoms with Gasteiger partial charge in [-0.1, -0.05) is 0 Å². The van der Waals surface area contributed by atoms with Gasteiger partial charge in [0, 0.05) is 13.0 Å². The lowest BCUT2D eigenvalue weighted by Crippen LogP contribution is -2.42. The third-order valence-corrected chi connectivity index (χ3v) is 5.29. The van der Waals surface area contributed by atoms with E-state index in [1.807, 2.05) is 0 Å². The summed E-state index contributed by atoms with van der Waals surface area (Å²) in [6.07, 6.45) is -0.0892. The molecule has 0 radical (unpaired) electrons. The van der Waals surface area contributed by atoms with Crippen molar-refractivity contribution in [2.45, 2.75) is 39.2 Å². The monoisotopic (exact) mass is 335 g/mol. The molecular formula is C14H25NO6S. The Hall–Kier alpha value is -1.31. The maximum Gasteiger partial charge on any atom is 0.407 e. The predicted molar refractivity (Wildman–Crippen MR) is 81.1 cm³/mol. The summed E-state index contributed by atoms with van der Waals surface area (Å²) in [4.78, 5) is 23.1. The Morgan fingerprint density at radius 3 is 2.41 bits per heavy atom. The number of nitrogens with one attached hydrogen (secondary N) is 1. The van der Waals surface area contributed by atoms with Crippen molar-refractivity contribution in [1.29, 1.82) is 0 Å². The first-order chi connectivity index (χ1) is 10.0. The van der Waals surface area contributed by atoms with E-state index in [1.165, 1.54) is 7.11 Å². The van der Waals surface area contributed by atoms with Crippen LogP contribution in [-0.2, 0) is 24.1 Å². The van der Waals surface area contributed by atoms with Crippen LogP contribution >= 0.6 is 0 Å². The summed E-state index contributed by atoms with van der Waals surface area (Å²) in [5.41, 5.74) is -0.592. The molecule has 128 valence electrons. The van der Waals surface area contributed by atoms with Crippen LogP contribution < -0.4 is 5.32 Å². The molecule has 0 aliphatic carbocycles. The summed E-state index contributed by atoms with van der Waals surface area (Å²) in [7, 11) is -1.87. The Bertz CT molecular complexity index is 508. The summed E-state index contributed by atoms with van der Waals surface area (Å²) in [5, 5.41) is 2.65. The van der Waals surface area contributed by atoms with Gasteiger partial charge in [0.05, 0.1) is 18.6 Å². The van der Waals surface area contributed by atoms with Crippen LogP contribution in [0.1, 0.15) is 33.6 Å². The van der Waals surface area contributed by atoms with Crippen LogP contribution in [0.15, 0.2) is 0 Å². The highest BCUT2D eigenvalue weighted by atomic mass is 32.2. The first-order valence-corrected chi connectivity index (χ1v) is 9.08. The zero-order valence-electron chi connectivity index (χ0n) is 13.5. The van der Waals surface area contributed by atoms with Crippen molar-refractivity contribution in [1.82, 2.24) is 5.32 Å². The van der Waals surface area contributed by atoms with E-state index in [0.29, 0.717) is 6.42 Å². The maximum absolute atomic E-state index is 11.7. The molecule has 0 unspecified atom stereocenters. The van der Waals surface area contributed by atoms with Gasteiger partial charge in [0.25, 0.3) is 0 Å². The fourth-order valence-electron chi connectivity index (χ4n) is 2.43. The lowest BCUT2D eigenvalue weighted by Gasteiger charge is -2.31. The van der Waals surface area contributed by atoms with Crippen molar-refractivity contribution in [3.05, 3.63) is 0 Å². The first kappa shape index (κ1) is 18.7. The number of esters is 1. The highest BCUT2D eigenvalue weighted by Crippen LogP contribution is 2.28. The van der Waals surface area contributed by atoms with Crippen LogP contribution in [0.3, 0.4) is 0 Å². The van der Waals surface area contributed by atoms with Gasteiger partial charge >= 0.3 is 12.1 Å². The molecule has 22 heavy (non-hydrogen) atoms. The second kappa shape index (κ2) is 7.30. The molecule has 1 heterocycles. The maximum atomic E-state index is 11.7. The standard InChI is InChI=1S/C14H25NO6S/c1-14(2,3)21-13(17)15-8-10-5-6-22(18,19)9-11(10)7-12(16)20-4/h10-11H,5-9H2,1-4H3,(H,15,17)/t10-,11-/m0/s1. The van der Waals surface area contributed by atoms with E-state index >= 15 is 0 Å². The average Bonchev–Trinajstić information content (AvgIpc) is 2.34. The van der Waals surface area contributed by atoms with Crippen LogP contribution in [0, 0.1) is 11.8 Å². The lowest BCUT2D eigenvalue weighted by atomic mass is 9.88. The minimum absolute atomic E-state index is 0.0381. The molecule has 1 saturated heterocycles. The van der Waals surface area contributed by atoms with Gasteiger partial charge in [-0.3, -0.25) is 4.79 Å². The second-order valence-electron chi connectivity index (χ2n) is 6.59. The SMILES string of the molecule is COC(=O)C[C@H]1CS(=O)(=O)CC[C@H]1CNC(=O)OC(C)(C)C. The van der Waals surface area contributed by atoms with E-state index in [-0.39, 0.29) is 36.3 Å².